The Labute approximate surface area is 129 Å². The van der Waals surface area contributed by atoms with Crippen molar-refractivity contribution in [3.8, 4) is 0 Å². The van der Waals surface area contributed by atoms with Crippen molar-refractivity contribution in [1.29, 1.82) is 0 Å². The van der Waals surface area contributed by atoms with Gasteiger partial charge in [-0.1, -0.05) is 6.92 Å². The predicted molar refractivity (Wildman–Crippen MR) is 87.6 cm³/mol. The molecule has 7 heteroatoms. The summed E-state index contributed by atoms with van der Waals surface area (Å²) in [6.07, 6.45) is 2.72. The van der Waals surface area contributed by atoms with E-state index in [0.29, 0.717) is 5.82 Å². The smallest absolute Gasteiger partial charge is 0.148 e. The predicted octanol–water partition coefficient (Wildman–Crippen LogP) is 2.44. The molecule has 6 nitrogen and oxygen atoms in total. The molecule has 0 aliphatic heterocycles. The number of hydrogen-bond donors (Lipinski definition) is 3. The second kappa shape index (κ2) is 7.33. The van der Waals surface area contributed by atoms with Gasteiger partial charge in [0.05, 0.1) is 10.7 Å². The number of thiazole rings is 1. The number of hydrazine groups is 1. The highest BCUT2D eigenvalue weighted by molar-refractivity contribution is 7.09. The molecule has 0 aliphatic carbocycles. The van der Waals surface area contributed by atoms with E-state index in [9.17, 15) is 0 Å². The number of nitrogen functional groups attached to an aromatic ring is 1. The van der Waals surface area contributed by atoms with Gasteiger partial charge < -0.3 is 10.7 Å². The first kappa shape index (κ1) is 15.7. The summed E-state index contributed by atoms with van der Waals surface area (Å²) in [5, 5.41) is 6.56. The van der Waals surface area contributed by atoms with Crippen LogP contribution < -0.4 is 16.6 Å². The van der Waals surface area contributed by atoms with Gasteiger partial charge in [-0.25, -0.2) is 20.8 Å². The van der Waals surface area contributed by atoms with E-state index in [0.717, 1.165) is 53.7 Å². The molecule has 0 aliphatic rings. The molecule has 0 unspecified atom stereocenters. The van der Waals surface area contributed by atoms with Gasteiger partial charge in [-0.05, 0) is 20.3 Å². The van der Waals surface area contributed by atoms with Crippen molar-refractivity contribution in [2.24, 2.45) is 5.84 Å². The molecule has 2 heterocycles. The highest BCUT2D eigenvalue weighted by atomic mass is 32.1. The van der Waals surface area contributed by atoms with Gasteiger partial charge in [0.1, 0.15) is 17.5 Å². The molecule has 0 amide bonds. The van der Waals surface area contributed by atoms with Crippen molar-refractivity contribution in [2.45, 2.75) is 40.0 Å². The lowest BCUT2D eigenvalue weighted by Crippen LogP contribution is -2.16. The van der Waals surface area contributed by atoms with Gasteiger partial charge in [-0.15, -0.1) is 11.3 Å². The van der Waals surface area contributed by atoms with Gasteiger partial charge >= 0.3 is 0 Å². The van der Waals surface area contributed by atoms with Gasteiger partial charge in [-0.3, -0.25) is 0 Å². The Morgan fingerprint density at radius 2 is 1.90 bits per heavy atom. The van der Waals surface area contributed by atoms with Gasteiger partial charge in [-0.2, -0.15) is 0 Å². The van der Waals surface area contributed by atoms with Gasteiger partial charge in [0.2, 0.25) is 0 Å². The summed E-state index contributed by atoms with van der Waals surface area (Å²) >= 11 is 1.68. The quantitative estimate of drug-likeness (QED) is 0.538. The van der Waals surface area contributed by atoms with Crippen LogP contribution >= 0.6 is 11.3 Å². The third kappa shape index (κ3) is 4.12. The van der Waals surface area contributed by atoms with E-state index < -0.39 is 0 Å². The van der Waals surface area contributed by atoms with Gasteiger partial charge in [0, 0.05) is 30.3 Å². The molecule has 0 aromatic carbocycles. The first-order chi connectivity index (χ1) is 10.1. The van der Waals surface area contributed by atoms with Crippen LogP contribution in [0.3, 0.4) is 0 Å². The monoisotopic (exact) mass is 306 g/mol. The van der Waals surface area contributed by atoms with E-state index in [-0.39, 0.29) is 0 Å². The zero-order valence-corrected chi connectivity index (χ0v) is 13.5. The second-order valence-corrected chi connectivity index (χ2v) is 5.95. The lowest BCUT2D eigenvalue weighted by Gasteiger charge is -2.13. The zero-order chi connectivity index (χ0) is 15.2. The van der Waals surface area contributed by atoms with Crippen LogP contribution in [0.1, 0.15) is 35.4 Å². The third-order valence-corrected chi connectivity index (χ3v) is 3.96. The van der Waals surface area contributed by atoms with E-state index >= 15 is 0 Å². The molecule has 4 N–H and O–H groups in total. The summed E-state index contributed by atoms with van der Waals surface area (Å²) in [5.41, 5.74) is 4.69. The van der Waals surface area contributed by atoms with E-state index in [2.05, 4.69) is 38.0 Å². The molecule has 0 saturated heterocycles. The molecule has 2 aromatic rings. The van der Waals surface area contributed by atoms with Crippen molar-refractivity contribution in [3.63, 3.8) is 0 Å². The molecule has 21 heavy (non-hydrogen) atoms. The van der Waals surface area contributed by atoms with Crippen molar-refractivity contribution in [3.05, 3.63) is 27.5 Å². The molecule has 2 rings (SSSR count). The molecule has 0 bridgehead atoms. The van der Waals surface area contributed by atoms with Crippen LogP contribution in [0, 0.1) is 13.8 Å². The minimum Gasteiger partial charge on any atom is -0.369 e. The highest BCUT2D eigenvalue weighted by Crippen LogP contribution is 2.20. The summed E-state index contributed by atoms with van der Waals surface area (Å²) in [7, 11) is 0. The summed E-state index contributed by atoms with van der Waals surface area (Å²) in [4.78, 5) is 13.4. The highest BCUT2D eigenvalue weighted by Gasteiger charge is 2.09. The Bertz CT molecular complexity index is 595. The first-order valence-electron chi connectivity index (χ1n) is 7.13. The van der Waals surface area contributed by atoms with E-state index in [4.69, 9.17) is 5.84 Å². The summed E-state index contributed by atoms with van der Waals surface area (Å²) in [6, 6.07) is 0. The van der Waals surface area contributed by atoms with Gasteiger partial charge in [0.25, 0.3) is 0 Å². The second-order valence-electron chi connectivity index (χ2n) is 4.89. The standard InChI is InChI=1S/C14H22N6S/c1-4-5-12-18-13(9(2)14(19-12)20-15)16-7-6-11-8-21-10(3)17-11/h8H,4-7,15H2,1-3H3,(H2,16,18,19,20). The number of nitrogens with two attached hydrogens (primary N) is 1. The molecule has 0 spiro atoms. The van der Waals surface area contributed by atoms with E-state index in [1.165, 1.54) is 0 Å². The molecule has 0 saturated carbocycles. The summed E-state index contributed by atoms with van der Waals surface area (Å²) in [5.74, 6) is 7.86. The molecular formula is C14H22N6S. The SMILES string of the molecule is CCCc1nc(NN)c(C)c(NCCc2csc(C)n2)n1. The van der Waals surface area contributed by atoms with Crippen molar-refractivity contribution in [2.75, 3.05) is 17.3 Å². The maximum atomic E-state index is 5.53. The number of nitrogens with zero attached hydrogens (tertiary/aromatic N) is 3. The van der Waals surface area contributed by atoms with Crippen LogP contribution in [0.2, 0.25) is 0 Å². The third-order valence-electron chi connectivity index (χ3n) is 3.14. The Balaban J connectivity index is 2.05. The molecular weight excluding hydrogens is 284 g/mol. The van der Waals surface area contributed by atoms with Crippen molar-refractivity contribution < 1.29 is 0 Å². The maximum Gasteiger partial charge on any atom is 0.148 e. The fourth-order valence-electron chi connectivity index (χ4n) is 2.04. The summed E-state index contributed by atoms with van der Waals surface area (Å²) < 4.78 is 0. The van der Waals surface area contributed by atoms with Gasteiger partial charge in [0.15, 0.2) is 0 Å². The molecule has 0 fully saturated rings. The van der Waals surface area contributed by atoms with Crippen molar-refractivity contribution in [1.82, 2.24) is 15.0 Å². The lowest BCUT2D eigenvalue weighted by molar-refractivity contribution is 0.829. The number of anilines is 2. The Hall–Kier alpha value is -1.73. The topological polar surface area (TPSA) is 88.8 Å². The van der Waals surface area contributed by atoms with Crippen molar-refractivity contribution >= 4 is 23.0 Å². The molecule has 0 atom stereocenters. The Kier molecular flexibility index (Phi) is 5.46. The average molecular weight is 306 g/mol. The minimum absolute atomic E-state index is 0.681. The molecule has 114 valence electrons. The summed E-state index contributed by atoms with van der Waals surface area (Å²) in [6.45, 7) is 6.87. The minimum atomic E-state index is 0.681. The van der Waals surface area contributed by atoms with Crippen LogP contribution in [-0.4, -0.2) is 21.5 Å². The van der Waals surface area contributed by atoms with Crippen LogP contribution in [0.4, 0.5) is 11.6 Å². The lowest BCUT2D eigenvalue weighted by atomic mass is 10.2. The van der Waals surface area contributed by atoms with E-state index in [1.54, 1.807) is 11.3 Å². The molecule has 2 aromatic heterocycles. The van der Waals surface area contributed by atoms with E-state index in [1.807, 2.05) is 13.8 Å². The number of aryl methyl sites for hydroxylation is 2. The zero-order valence-electron chi connectivity index (χ0n) is 12.7. The normalized spacial score (nSPS) is 10.7. The average Bonchev–Trinajstić information content (AvgIpc) is 2.88. The Morgan fingerprint density at radius 1 is 1.14 bits per heavy atom. The largest absolute Gasteiger partial charge is 0.369 e. The molecule has 0 radical (unpaired) electrons. The van der Waals surface area contributed by atoms with Crippen LogP contribution in [0.15, 0.2) is 5.38 Å². The maximum absolute atomic E-state index is 5.53. The van der Waals surface area contributed by atoms with Crippen LogP contribution in [0.5, 0.6) is 0 Å². The van der Waals surface area contributed by atoms with Crippen LogP contribution in [0.25, 0.3) is 0 Å². The number of hydrogen-bond acceptors (Lipinski definition) is 7. The number of nitrogens with one attached hydrogen (secondary N) is 2. The Morgan fingerprint density at radius 3 is 2.52 bits per heavy atom. The fourth-order valence-corrected chi connectivity index (χ4v) is 2.69. The number of rotatable bonds is 7. The first-order valence-corrected chi connectivity index (χ1v) is 8.01. The number of aromatic nitrogens is 3. The fraction of sp³-hybridized carbons (Fsp3) is 0.500. The van der Waals surface area contributed by atoms with Crippen LogP contribution in [-0.2, 0) is 12.8 Å².